The molecule has 1 N–H and O–H groups in total. The lowest BCUT2D eigenvalue weighted by Crippen LogP contribution is -2.31. The fraction of sp³-hybridized carbons (Fsp3) is 0.318. The van der Waals surface area contributed by atoms with Gasteiger partial charge in [0.25, 0.3) is 0 Å². The lowest BCUT2D eigenvalue weighted by molar-refractivity contribution is -0.124. The van der Waals surface area contributed by atoms with Crippen LogP contribution in [0.25, 0.3) is 5.69 Å². The number of nitrogens with one attached hydrogen (secondary N) is 1. The highest BCUT2D eigenvalue weighted by atomic mass is 35.5. The monoisotopic (exact) mass is 446 g/mol. The van der Waals surface area contributed by atoms with Crippen LogP contribution in [0.1, 0.15) is 43.8 Å². The van der Waals surface area contributed by atoms with E-state index in [1.54, 1.807) is 12.1 Å². The topological polar surface area (TPSA) is 59.8 Å². The summed E-state index contributed by atoms with van der Waals surface area (Å²) in [5.41, 5.74) is 2.84. The first-order valence-electron chi connectivity index (χ1n) is 9.65. The van der Waals surface area contributed by atoms with E-state index in [0.29, 0.717) is 21.8 Å². The molecule has 1 atom stereocenters. The Labute approximate surface area is 185 Å². The SMILES string of the molecule is Cc1ccc(Cl)cc1-n1c(SCc2ccc(F)cc2)nnc1C(C)NC(=O)C(C)C. The molecule has 0 aliphatic heterocycles. The maximum absolute atomic E-state index is 13.2. The van der Waals surface area contributed by atoms with Crippen LogP contribution in [0.2, 0.25) is 5.02 Å². The van der Waals surface area contributed by atoms with E-state index in [-0.39, 0.29) is 23.7 Å². The van der Waals surface area contributed by atoms with Gasteiger partial charge in [-0.05, 0) is 49.2 Å². The first kappa shape index (κ1) is 22.3. The summed E-state index contributed by atoms with van der Waals surface area (Å²) in [5.74, 6) is 0.768. The van der Waals surface area contributed by atoms with Crippen LogP contribution in [0.15, 0.2) is 47.6 Å². The number of halogens is 2. The van der Waals surface area contributed by atoms with Crippen molar-refractivity contribution in [1.82, 2.24) is 20.1 Å². The van der Waals surface area contributed by atoms with Crippen LogP contribution in [0.3, 0.4) is 0 Å². The number of hydrogen-bond donors (Lipinski definition) is 1. The number of amides is 1. The minimum Gasteiger partial charge on any atom is -0.346 e. The number of benzene rings is 2. The summed E-state index contributed by atoms with van der Waals surface area (Å²) < 4.78 is 15.1. The van der Waals surface area contributed by atoms with Crippen molar-refractivity contribution in [3.05, 3.63) is 70.3 Å². The van der Waals surface area contributed by atoms with E-state index >= 15 is 0 Å². The summed E-state index contributed by atoms with van der Waals surface area (Å²) in [6, 6.07) is 11.7. The Morgan fingerprint density at radius 1 is 1.17 bits per heavy atom. The fourth-order valence-electron chi connectivity index (χ4n) is 2.88. The first-order valence-corrected chi connectivity index (χ1v) is 11.0. The molecule has 1 amide bonds. The van der Waals surface area contributed by atoms with Gasteiger partial charge in [-0.15, -0.1) is 10.2 Å². The summed E-state index contributed by atoms with van der Waals surface area (Å²) in [4.78, 5) is 12.2. The molecule has 0 bridgehead atoms. The van der Waals surface area contributed by atoms with E-state index in [0.717, 1.165) is 16.8 Å². The van der Waals surface area contributed by atoms with Gasteiger partial charge in [0, 0.05) is 16.7 Å². The van der Waals surface area contributed by atoms with Crippen LogP contribution >= 0.6 is 23.4 Å². The Hall–Kier alpha value is -2.38. The molecule has 0 aliphatic carbocycles. The number of nitrogens with zero attached hydrogens (tertiary/aromatic N) is 3. The Kier molecular flexibility index (Phi) is 7.15. The van der Waals surface area contributed by atoms with Crippen LogP contribution in [-0.4, -0.2) is 20.7 Å². The van der Waals surface area contributed by atoms with Crippen LogP contribution in [0, 0.1) is 18.7 Å². The third-order valence-corrected chi connectivity index (χ3v) is 5.86. The highest BCUT2D eigenvalue weighted by Gasteiger charge is 2.23. The summed E-state index contributed by atoms with van der Waals surface area (Å²) in [7, 11) is 0. The van der Waals surface area contributed by atoms with Gasteiger partial charge in [0.2, 0.25) is 5.91 Å². The Morgan fingerprint density at radius 3 is 2.53 bits per heavy atom. The molecule has 8 heteroatoms. The van der Waals surface area contributed by atoms with E-state index in [9.17, 15) is 9.18 Å². The van der Waals surface area contributed by atoms with Crippen molar-refractivity contribution in [2.75, 3.05) is 0 Å². The maximum Gasteiger partial charge on any atom is 0.223 e. The number of hydrogen-bond acceptors (Lipinski definition) is 4. The summed E-state index contributed by atoms with van der Waals surface area (Å²) in [6.45, 7) is 7.56. The van der Waals surface area contributed by atoms with Crippen molar-refractivity contribution in [3.63, 3.8) is 0 Å². The standard InChI is InChI=1S/C22H24ClFN4OS/c1-13(2)21(29)25-15(4)20-26-27-22(30-12-16-6-9-18(24)10-7-16)28(20)19-11-17(23)8-5-14(19)3/h5-11,13,15H,12H2,1-4H3,(H,25,29). The highest BCUT2D eigenvalue weighted by Crippen LogP contribution is 2.30. The summed E-state index contributed by atoms with van der Waals surface area (Å²) in [6.07, 6.45) is 0. The predicted molar refractivity (Wildman–Crippen MR) is 118 cm³/mol. The highest BCUT2D eigenvalue weighted by molar-refractivity contribution is 7.98. The predicted octanol–water partition coefficient (Wildman–Crippen LogP) is 5.49. The molecule has 5 nitrogen and oxygen atoms in total. The third kappa shape index (κ3) is 5.21. The molecule has 0 radical (unpaired) electrons. The van der Waals surface area contributed by atoms with E-state index in [1.807, 2.05) is 50.5 Å². The zero-order valence-electron chi connectivity index (χ0n) is 17.3. The van der Waals surface area contributed by atoms with Crippen molar-refractivity contribution >= 4 is 29.3 Å². The average molecular weight is 447 g/mol. The number of rotatable bonds is 7. The van der Waals surface area contributed by atoms with Gasteiger partial charge in [-0.25, -0.2) is 4.39 Å². The van der Waals surface area contributed by atoms with Crippen molar-refractivity contribution in [1.29, 1.82) is 0 Å². The smallest absolute Gasteiger partial charge is 0.223 e. The minimum atomic E-state index is -0.342. The molecule has 1 heterocycles. The molecule has 1 aromatic heterocycles. The largest absolute Gasteiger partial charge is 0.346 e. The van der Waals surface area contributed by atoms with E-state index in [2.05, 4.69) is 15.5 Å². The van der Waals surface area contributed by atoms with Crippen molar-refractivity contribution in [2.24, 2.45) is 5.92 Å². The Balaban J connectivity index is 1.97. The van der Waals surface area contributed by atoms with Crippen molar-refractivity contribution < 1.29 is 9.18 Å². The van der Waals surface area contributed by atoms with Crippen LogP contribution < -0.4 is 5.32 Å². The molecule has 0 spiro atoms. The second-order valence-electron chi connectivity index (χ2n) is 7.41. The third-order valence-electron chi connectivity index (χ3n) is 4.62. The Bertz CT molecular complexity index is 1040. The lowest BCUT2D eigenvalue weighted by Gasteiger charge is -2.18. The van der Waals surface area contributed by atoms with Crippen molar-refractivity contribution in [2.45, 2.75) is 44.6 Å². The quantitative estimate of drug-likeness (QED) is 0.487. The maximum atomic E-state index is 13.2. The number of aryl methyl sites for hydroxylation is 1. The van der Waals surface area contributed by atoms with Gasteiger partial charge in [0.05, 0.1) is 11.7 Å². The molecule has 2 aromatic carbocycles. The van der Waals surface area contributed by atoms with Crippen molar-refractivity contribution in [3.8, 4) is 5.69 Å². The lowest BCUT2D eigenvalue weighted by atomic mass is 10.1. The van der Waals surface area contributed by atoms with Gasteiger partial charge in [-0.1, -0.05) is 55.4 Å². The molecule has 0 aliphatic rings. The normalized spacial score (nSPS) is 12.2. The average Bonchev–Trinajstić information content (AvgIpc) is 3.13. The molecule has 0 fully saturated rings. The zero-order valence-corrected chi connectivity index (χ0v) is 18.9. The van der Waals surface area contributed by atoms with E-state index < -0.39 is 0 Å². The molecule has 3 rings (SSSR count). The van der Waals surface area contributed by atoms with Gasteiger partial charge in [0.15, 0.2) is 11.0 Å². The van der Waals surface area contributed by atoms with Gasteiger partial charge in [-0.3, -0.25) is 9.36 Å². The molecule has 30 heavy (non-hydrogen) atoms. The number of carbonyl (C=O) groups is 1. The van der Waals surface area contributed by atoms with E-state index in [4.69, 9.17) is 11.6 Å². The van der Waals surface area contributed by atoms with Gasteiger partial charge < -0.3 is 5.32 Å². The van der Waals surface area contributed by atoms with Crippen LogP contribution in [0.5, 0.6) is 0 Å². The van der Waals surface area contributed by atoms with Crippen LogP contribution in [0.4, 0.5) is 4.39 Å². The fourth-order valence-corrected chi connectivity index (χ4v) is 3.95. The molecule has 3 aromatic rings. The summed E-state index contributed by atoms with van der Waals surface area (Å²) >= 11 is 7.76. The summed E-state index contributed by atoms with van der Waals surface area (Å²) in [5, 5.41) is 13.0. The van der Waals surface area contributed by atoms with E-state index in [1.165, 1.54) is 23.9 Å². The number of thioether (sulfide) groups is 1. The Morgan fingerprint density at radius 2 is 1.87 bits per heavy atom. The molecule has 1 unspecified atom stereocenters. The molecular formula is C22H24ClFN4OS. The van der Waals surface area contributed by atoms with Gasteiger partial charge in [-0.2, -0.15) is 0 Å². The second kappa shape index (κ2) is 9.62. The number of carbonyl (C=O) groups excluding carboxylic acids is 1. The van der Waals surface area contributed by atoms with Crippen LogP contribution in [-0.2, 0) is 10.5 Å². The second-order valence-corrected chi connectivity index (χ2v) is 8.79. The van der Waals surface area contributed by atoms with Gasteiger partial charge >= 0.3 is 0 Å². The van der Waals surface area contributed by atoms with Gasteiger partial charge in [0.1, 0.15) is 5.82 Å². The molecule has 0 saturated heterocycles. The molecular weight excluding hydrogens is 423 g/mol. The minimum absolute atomic E-state index is 0.0552. The first-order chi connectivity index (χ1) is 14.3. The molecule has 158 valence electrons. The molecule has 0 saturated carbocycles. The zero-order chi connectivity index (χ0) is 21.8. The number of aromatic nitrogens is 3.